The van der Waals surface area contributed by atoms with Crippen LogP contribution >= 0.6 is 0 Å². The molecule has 1 aromatic carbocycles. The Balaban J connectivity index is 2.01. The minimum absolute atomic E-state index is 0.276. The molecule has 2 rings (SSSR count). The van der Waals surface area contributed by atoms with Crippen LogP contribution in [0.2, 0.25) is 0 Å². The summed E-state index contributed by atoms with van der Waals surface area (Å²) in [5.74, 6) is 0.467. The summed E-state index contributed by atoms with van der Waals surface area (Å²) in [5.41, 5.74) is 0.276. The highest BCUT2D eigenvalue weighted by Crippen LogP contribution is 2.26. The van der Waals surface area contributed by atoms with Crippen LogP contribution in [0.4, 0.5) is 23.7 Å². The molecule has 0 unspecified atom stereocenters. The number of urea groups is 1. The van der Waals surface area contributed by atoms with Crippen molar-refractivity contribution in [2.75, 3.05) is 18.4 Å². The SMILES string of the molecule is C[C@@H]1C[C@@H](C)CN(C(=O)Nc2cccc(OC(F)(F)F)c2)C1. The maximum atomic E-state index is 12.2. The minimum Gasteiger partial charge on any atom is -0.406 e. The number of benzene rings is 1. The summed E-state index contributed by atoms with van der Waals surface area (Å²) >= 11 is 0. The highest BCUT2D eigenvalue weighted by molar-refractivity contribution is 5.89. The summed E-state index contributed by atoms with van der Waals surface area (Å²) < 4.78 is 40.4. The van der Waals surface area contributed by atoms with Crippen LogP contribution in [0, 0.1) is 11.8 Å². The number of carbonyl (C=O) groups is 1. The molecular weight excluding hydrogens is 297 g/mol. The zero-order valence-corrected chi connectivity index (χ0v) is 12.5. The molecule has 1 heterocycles. The number of carbonyl (C=O) groups excluding carboxylic acids is 1. The molecular formula is C15H19F3N2O2. The topological polar surface area (TPSA) is 41.6 Å². The molecule has 1 aromatic rings. The third kappa shape index (κ3) is 4.82. The quantitative estimate of drug-likeness (QED) is 0.892. The molecule has 1 fully saturated rings. The van der Waals surface area contributed by atoms with Crippen LogP contribution in [0.3, 0.4) is 0 Å². The molecule has 7 heteroatoms. The molecule has 0 spiro atoms. The third-order valence-electron chi connectivity index (χ3n) is 3.47. The first-order valence-electron chi connectivity index (χ1n) is 7.14. The number of amides is 2. The normalized spacial score (nSPS) is 22.3. The second kappa shape index (κ2) is 6.46. The van der Waals surface area contributed by atoms with Crippen molar-refractivity contribution in [2.45, 2.75) is 26.6 Å². The highest BCUT2D eigenvalue weighted by Gasteiger charge is 2.31. The smallest absolute Gasteiger partial charge is 0.406 e. The molecule has 2 atom stereocenters. The van der Waals surface area contributed by atoms with E-state index in [-0.39, 0.29) is 17.5 Å². The number of hydrogen-bond acceptors (Lipinski definition) is 2. The number of alkyl halides is 3. The van der Waals surface area contributed by atoms with E-state index in [1.807, 2.05) is 0 Å². The van der Waals surface area contributed by atoms with Gasteiger partial charge in [0.15, 0.2) is 0 Å². The van der Waals surface area contributed by atoms with Gasteiger partial charge in [-0.15, -0.1) is 13.2 Å². The Labute approximate surface area is 127 Å². The Kier molecular flexibility index (Phi) is 4.83. The number of likely N-dealkylation sites (tertiary alicyclic amines) is 1. The van der Waals surface area contributed by atoms with Crippen LogP contribution in [0.1, 0.15) is 20.3 Å². The highest BCUT2D eigenvalue weighted by atomic mass is 19.4. The molecule has 0 aromatic heterocycles. The van der Waals surface area contributed by atoms with Gasteiger partial charge in [-0.05, 0) is 30.4 Å². The van der Waals surface area contributed by atoms with Crippen LogP contribution in [0.25, 0.3) is 0 Å². The van der Waals surface area contributed by atoms with Crippen LogP contribution < -0.4 is 10.1 Å². The van der Waals surface area contributed by atoms with E-state index < -0.39 is 6.36 Å². The molecule has 0 aliphatic carbocycles. The van der Waals surface area contributed by atoms with Gasteiger partial charge < -0.3 is 15.0 Å². The van der Waals surface area contributed by atoms with E-state index in [1.165, 1.54) is 18.2 Å². The maximum Gasteiger partial charge on any atom is 0.573 e. The lowest BCUT2D eigenvalue weighted by Crippen LogP contribution is -2.44. The largest absolute Gasteiger partial charge is 0.573 e. The second-order valence-electron chi connectivity index (χ2n) is 5.86. The van der Waals surface area contributed by atoms with Gasteiger partial charge in [0.05, 0.1) is 0 Å². The Morgan fingerprint density at radius 3 is 2.50 bits per heavy atom. The van der Waals surface area contributed by atoms with Gasteiger partial charge in [0.2, 0.25) is 0 Å². The van der Waals surface area contributed by atoms with E-state index >= 15 is 0 Å². The predicted molar refractivity (Wildman–Crippen MR) is 76.7 cm³/mol. The van der Waals surface area contributed by atoms with Crippen molar-refractivity contribution in [2.24, 2.45) is 11.8 Å². The number of halogens is 3. The number of rotatable bonds is 2. The monoisotopic (exact) mass is 316 g/mol. The van der Waals surface area contributed by atoms with E-state index in [4.69, 9.17) is 0 Å². The number of nitrogens with one attached hydrogen (secondary N) is 1. The number of hydrogen-bond donors (Lipinski definition) is 1. The second-order valence-corrected chi connectivity index (χ2v) is 5.86. The van der Waals surface area contributed by atoms with Gasteiger partial charge in [-0.3, -0.25) is 0 Å². The van der Waals surface area contributed by atoms with Crippen molar-refractivity contribution in [3.05, 3.63) is 24.3 Å². The van der Waals surface area contributed by atoms with Crippen molar-refractivity contribution < 1.29 is 22.7 Å². The Morgan fingerprint density at radius 2 is 1.91 bits per heavy atom. The lowest BCUT2D eigenvalue weighted by Gasteiger charge is -2.34. The average Bonchev–Trinajstić information content (AvgIpc) is 2.35. The number of ether oxygens (including phenoxy) is 1. The number of nitrogens with zero attached hydrogens (tertiary/aromatic N) is 1. The summed E-state index contributed by atoms with van der Waals surface area (Å²) in [7, 11) is 0. The molecule has 1 aliphatic heterocycles. The van der Waals surface area contributed by atoms with Gasteiger partial charge in [-0.2, -0.15) is 0 Å². The molecule has 2 amide bonds. The predicted octanol–water partition coefficient (Wildman–Crippen LogP) is 4.10. The van der Waals surface area contributed by atoms with E-state index in [1.54, 1.807) is 4.90 Å². The Bertz CT molecular complexity index is 524. The third-order valence-corrected chi connectivity index (χ3v) is 3.47. The summed E-state index contributed by atoms with van der Waals surface area (Å²) in [6.07, 6.45) is -3.68. The standard InChI is InChI=1S/C15H19F3N2O2/c1-10-6-11(2)9-20(8-10)14(21)19-12-4-3-5-13(7-12)22-15(16,17)18/h3-5,7,10-11H,6,8-9H2,1-2H3,(H,19,21)/t10-,11-/m1/s1. The molecule has 22 heavy (non-hydrogen) atoms. The fraction of sp³-hybridized carbons (Fsp3) is 0.533. The molecule has 1 saturated heterocycles. The van der Waals surface area contributed by atoms with Crippen molar-refractivity contribution in [3.63, 3.8) is 0 Å². The lowest BCUT2D eigenvalue weighted by atomic mass is 9.92. The van der Waals surface area contributed by atoms with Crippen LogP contribution in [-0.2, 0) is 0 Å². The summed E-state index contributed by atoms with van der Waals surface area (Å²) in [5, 5.41) is 2.62. The van der Waals surface area contributed by atoms with E-state index in [2.05, 4.69) is 23.9 Å². The van der Waals surface area contributed by atoms with E-state index in [9.17, 15) is 18.0 Å². The fourth-order valence-electron chi connectivity index (χ4n) is 2.80. The van der Waals surface area contributed by atoms with E-state index in [0.717, 1.165) is 12.5 Å². The van der Waals surface area contributed by atoms with Crippen molar-refractivity contribution in [3.8, 4) is 5.75 Å². The van der Waals surface area contributed by atoms with Crippen LogP contribution in [0.5, 0.6) is 5.75 Å². The molecule has 4 nitrogen and oxygen atoms in total. The Hall–Kier alpha value is -1.92. The summed E-state index contributed by atoms with van der Waals surface area (Å²) in [6.45, 7) is 5.45. The summed E-state index contributed by atoms with van der Waals surface area (Å²) in [6, 6.07) is 4.97. The van der Waals surface area contributed by atoms with Crippen molar-refractivity contribution in [1.29, 1.82) is 0 Å². The van der Waals surface area contributed by atoms with Crippen molar-refractivity contribution >= 4 is 11.7 Å². The van der Waals surface area contributed by atoms with Gasteiger partial charge in [0, 0.05) is 24.8 Å². The first-order valence-corrected chi connectivity index (χ1v) is 7.14. The Morgan fingerprint density at radius 1 is 1.27 bits per heavy atom. The van der Waals surface area contributed by atoms with Crippen LogP contribution in [-0.4, -0.2) is 30.4 Å². The van der Waals surface area contributed by atoms with Gasteiger partial charge in [-0.1, -0.05) is 19.9 Å². The molecule has 1 N–H and O–H groups in total. The number of anilines is 1. The zero-order chi connectivity index (χ0) is 16.3. The van der Waals surface area contributed by atoms with E-state index in [0.29, 0.717) is 24.9 Å². The van der Waals surface area contributed by atoms with Gasteiger partial charge in [-0.25, -0.2) is 4.79 Å². The molecule has 0 radical (unpaired) electrons. The molecule has 1 aliphatic rings. The summed E-state index contributed by atoms with van der Waals surface area (Å²) in [4.78, 5) is 13.9. The number of piperidine rings is 1. The lowest BCUT2D eigenvalue weighted by molar-refractivity contribution is -0.274. The molecule has 122 valence electrons. The fourth-order valence-corrected chi connectivity index (χ4v) is 2.80. The van der Waals surface area contributed by atoms with Crippen molar-refractivity contribution in [1.82, 2.24) is 4.90 Å². The minimum atomic E-state index is -4.75. The zero-order valence-electron chi connectivity index (χ0n) is 12.5. The first kappa shape index (κ1) is 16.5. The van der Waals surface area contributed by atoms with Crippen LogP contribution in [0.15, 0.2) is 24.3 Å². The molecule has 0 bridgehead atoms. The van der Waals surface area contributed by atoms with Gasteiger partial charge >= 0.3 is 12.4 Å². The maximum absolute atomic E-state index is 12.2. The molecule has 0 saturated carbocycles. The average molecular weight is 316 g/mol. The van der Waals surface area contributed by atoms with Gasteiger partial charge in [0.1, 0.15) is 5.75 Å². The van der Waals surface area contributed by atoms with Gasteiger partial charge in [0.25, 0.3) is 0 Å². The first-order chi connectivity index (χ1) is 10.2.